The number of nitrogens with zero attached hydrogens (tertiary/aromatic N) is 2. The van der Waals surface area contributed by atoms with Crippen LogP contribution in [0.3, 0.4) is 0 Å². The normalized spacial score (nSPS) is 16.4. The Bertz CT molecular complexity index is 931. The zero-order valence-electron chi connectivity index (χ0n) is 16.7. The van der Waals surface area contributed by atoms with E-state index < -0.39 is 35.9 Å². The number of imidazole rings is 1. The molecule has 1 aliphatic heterocycles. The molecule has 1 aromatic heterocycles. The molecule has 2 heterocycles. The fourth-order valence-electron chi connectivity index (χ4n) is 3.50. The molecule has 10 heteroatoms. The number of fused-ring (bicyclic) bond motifs is 1. The van der Waals surface area contributed by atoms with Gasteiger partial charge >= 0.3 is 18.0 Å². The maximum Gasteiger partial charge on any atom is 0.328 e. The van der Waals surface area contributed by atoms with Gasteiger partial charge in [0.15, 0.2) is 0 Å². The molecule has 30 heavy (non-hydrogen) atoms. The van der Waals surface area contributed by atoms with Crippen LogP contribution in [0.1, 0.15) is 35.8 Å². The summed E-state index contributed by atoms with van der Waals surface area (Å²) in [6.07, 6.45) is 2.02. The van der Waals surface area contributed by atoms with E-state index in [1.54, 1.807) is 12.1 Å². The number of H-pyrrole nitrogens is 1. The fourth-order valence-corrected chi connectivity index (χ4v) is 3.50. The Morgan fingerprint density at radius 3 is 2.83 bits per heavy atom. The number of nitrogens with one attached hydrogen (secondary N) is 2. The molecule has 2 amide bonds. The molecule has 0 fully saturated rings. The Balaban J connectivity index is 1.85. The van der Waals surface area contributed by atoms with E-state index in [0.717, 1.165) is 5.69 Å². The zero-order valence-corrected chi connectivity index (χ0v) is 16.7. The number of carbonyl (C=O) groups is 3. The zero-order chi connectivity index (χ0) is 21.7. The minimum Gasteiger partial charge on any atom is -0.469 e. The summed E-state index contributed by atoms with van der Waals surface area (Å²) in [5.41, 5.74) is 2.04. The number of amides is 2. The van der Waals surface area contributed by atoms with Crippen molar-refractivity contribution in [2.24, 2.45) is 0 Å². The van der Waals surface area contributed by atoms with Crippen molar-refractivity contribution in [3.8, 4) is 0 Å². The monoisotopic (exact) mass is 418 g/mol. The number of hydrogen-bond acceptors (Lipinski definition) is 6. The lowest BCUT2D eigenvalue weighted by Crippen LogP contribution is -2.51. The molecule has 0 bridgehead atoms. The number of halogens is 1. The highest BCUT2D eigenvalue weighted by molar-refractivity contribution is 5.84. The standard InChI is InChI=1S/C20H23FN4O5/c1-29-16(26)7-6-15(19(27)30-2)24-20(28)25-9-8-14-17(23-11-22-14)18(25)12-4-3-5-13(21)10-12/h3-5,10-11,15,18H,6-9H2,1-2H3,(H,22,23)(H,24,28)/t15-,18-/m0/s1. The number of rotatable bonds is 6. The van der Waals surface area contributed by atoms with Crippen LogP contribution in [0.5, 0.6) is 0 Å². The van der Waals surface area contributed by atoms with Gasteiger partial charge in [0, 0.05) is 25.1 Å². The SMILES string of the molecule is COC(=O)CC[C@H](NC(=O)N1CCc2[nH]cnc2[C@@H]1c1cccc(F)c1)C(=O)OC. The van der Waals surface area contributed by atoms with Crippen molar-refractivity contribution in [2.45, 2.75) is 31.3 Å². The number of methoxy groups -OCH3 is 2. The molecule has 9 nitrogen and oxygen atoms in total. The number of benzene rings is 1. The summed E-state index contributed by atoms with van der Waals surface area (Å²) < 4.78 is 23.2. The van der Waals surface area contributed by atoms with E-state index in [1.807, 2.05) is 0 Å². The lowest BCUT2D eigenvalue weighted by atomic mass is 9.96. The summed E-state index contributed by atoms with van der Waals surface area (Å²) in [7, 11) is 2.44. The Morgan fingerprint density at radius 2 is 2.13 bits per heavy atom. The topological polar surface area (TPSA) is 114 Å². The van der Waals surface area contributed by atoms with Gasteiger partial charge in [0.25, 0.3) is 0 Å². The summed E-state index contributed by atoms with van der Waals surface area (Å²) >= 11 is 0. The molecule has 0 saturated carbocycles. The van der Waals surface area contributed by atoms with Crippen LogP contribution >= 0.6 is 0 Å². The van der Waals surface area contributed by atoms with Gasteiger partial charge in [-0.1, -0.05) is 12.1 Å². The van der Waals surface area contributed by atoms with E-state index in [9.17, 15) is 18.8 Å². The molecule has 0 saturated heterocycles. The predicted octanol–water partition coefficient (Wildman–Crippen LogP) is 1.70. The first kappa shape index (κ1) is 21.3. The Kier molecular flexibility index (Phi) is 6.65. The summed E-state index contributed by atoms with van der Waals surface area (Å²) in [6, 6.07) is 3.75. The van der Waals surface area contributed by atoms with E-state index in [1.165, 1.54) is 37.6 Å². The first-order chi connectivity index (χ1) is 14.4. The second-order valence-electron chi connectivity index (χ2n) is 6.81. The van der Waals surface area contributed by atoms with Crippen LogP contribution in [0.15, 0.2) is 30.6 Å². The third-order valence-electron chi connectivity index (χ3n) is 5.00. The van der Waals surface area contributed by atoms with Gasteiger partial charge in [0.2, 0.25) is 0 Å². The number of urea groups is 1. The summed E-state index contributed by atoms with van der Waals surface area (Å²) in [6.45, 7) is 0.326. The Morgan fingerprint density at radius 1 is 1.33 bits per heavy atom. The van der Waals surface area contributed by atoms with Crippen molar-refractivity contribution < 1.29 is 28.2 Å². The molecule has 0 unspecified atom stereocenters. The van der Waals surface area contributed by atoms with Crippen molar-refractivity contribution >= 4 is 18.0 Å². The van der Waals surface area contributed by atoms with E-state index in [-0.39, 0.29) is 12.8 Å². The van der Waals surface area contributed by atoms with Crippen LogP contribution in [0.4, 0.5) is 9.18 Å². The van der Waals surface area contributed by atoms with E-state index in [4.69, 9.17) is 4.74 Å². The van der Waals surface area contributed by atoms with Crippen molar-refractivity contribution in [3.63, 3.8) is 0 Å². The van der Waals surface area contributed by atoms with E-state index >= 15 is 0 Å². The molecule has 1 aromatic carbocycles. The van der Waals surface area contributed by atoms with Crippen LogP contribution in [-0.2, 0) is 25.5 Å². The van der Waals surface area contributed by atoms with Gasteiger partial charge in [0.05, 0.1) is 26.2 Å². The van der Waals surface area contributed by atoms with Crippen LogP contribution in [0, 0.1) is 5.82 Å². The molecule has 2 aromatic rings. The van der Waals surface area contributed by atoms with E-state index in [0.29, 0.717) is 24.2 Å². The van der Waals surface area contributed by atoms with E-state index in [2.05, 4.69) is 20.0 Å². The first-order valence-corrected chi connectivity index (χ1v) is 9.44. The molecule has 0 aliphatic carbocycles. The highest BCUT2D eigenvalue weighted by Crippen LogP contribution is 2.33. The number of esters is 2. The Labute approximate surface area is 172 Å². The molecule has 1 aliphatic rings. The smallest absolute Gasteiger partial charge is 0.328 e. The first-order valence-electron chi connectivity index (χ1n) is 9.44. The second kappa shape index (κ2) is 9.38. The maximum atomic E-state index is 13.9. The molecular formula is C20H23FN4O5. The molecular weight excluding hydrogens is 395 g/mol. The second-order valence-corrected chi connectivity index (χ2v) is 6.81. The molecule has 160 valence electrons. The minimum atomic E-state index is -1.03. The van der Waals surface area contributed by atoms with Gasteiger partial charge < -0.3 is 24.7 Å². The predicted molar refractivity (Wildman–Crippen MR) is 103 cm³/mol. The molecule has 2 N–H and O–H groups in total. The van der Waals surface area contributed by atoms with Crippen molar-refractivity contribution in [3.05, 3.63) is 53.4 Å². The van der Waals surface area contributed by atoms with Gasteiger partial charge in [-0.25, -0.2) is 19.0 Å². The van der Waals surface area contributed by atoms with Crippen LogP contribution < -0.4 is 5.32 Å². The van der Waals surface area contributed by atoms with Crippen LogP contribution in [-0.4, -0.2) is 59.6 Å². The van der Waals surface area contributed by atoms with Gasteiger partial charge in [-0.3, -0.25) is 4.79 Å². The van der Waals surface area contributed by atoms with Crippen LogP contribution in [0.2, 0.25) is 0 Å². The fraction of sp³-hybridized carbons (Fsp3) is 0.400. The Hall–Kier alpha value is -3.43. The van der Waals surface area contributed by atoms with Gasteiger partial charge in [0.1, 0.15) is 17.9 Å². The lowest BCUT2D eigenvalue weighted by Gasteiger charge is -2.36. The quantitative estimate of drug-likeness (QED) is 0.691. The highest BCUT2D eigenvalue weighted by atomic mass is 19.1. The third kappa shape index (κ3) is 4.58. The van der Waals surface area contributed by atoms with Gasteiger partial charge in [-0.15, -0.1) is 0 Å². The highest BCUT2D eigenvalue weighted by Gasteiger charge is 2.36. The number of carbonyl (C=O) groups excluding carboxylic acids is 3. The largest absolute Gasteiger partial charge is 0.469 e. The summed E-state index contributed by atoms with van der Waals surface area (Å²) in [4.78, 5) is 45.5. The summed E-state index contributed by atoms with van der Waals surface area (Å²) in [5.74, 6) is -1.61. The third-order valence-corrected chi connectivity index (χ3v) is 5.00. The molecule has 0 radical (unpaired) electrons. The number of aromatic amines is 1. The van der Waals surface area contributed by atoms with Crippen molar-refractivity contribution in [1.29, 1.82) is 0 Å². The minimum absolute atomic E-state index is 0.0250. The van der Waals surface area contributed by atoms with Crippen LogP contribution in [0.25, 0.3) is 0 Å². The maximum absolute atomic E-state index is 13.9. The lowest BCUT2D eigenvalue weighted by molar-refractivity contribution is -0.144. The summed E-state index contributed by atoms with van der Waals surface area (Å²) in [5, 5.41) is 2.63. The molecule has 0 spiro atoms. The van der Waals surface area contributed by atoms with Gasteiger partial charge in [-0.2, -0.15) is 0 Å². The average Bonchev–Trinajstić information content (AvgIpc) is 3.23. The molecule has 3 rings (SSSR count). The number of ether oxygens (including phenoxy) is 2. The van der Waals surface area contributed by atoms with Crippen molar-refractivity contribution in [1.82, 2.24) is 20.2 Å². The average molecular weight is 418 g/mol. The van der Waals surface area contributed by atoms with Crippen molar-refractivity contribution in [2.75, 3.05) is 20.8 Å². The number of hydrogen-bond donors (Lipinski definition) is 2. The number of aromatic nitrogens is 2. The van der Waals surface area contributed by atoms with Gasteiger partial charge in [-0.05, 0) is 24.1 Å². The molecule has 2 atom stereocenters.